The molecule has 1 aliphatic heterocycles. The number of non-ortho nitro benzene ring substituents is 1. The van der Waals surface area contributed by atoms with E-state index in [0.717, 1.165) is 0 Å². The van der Waals surface area contributed by atoms with Gasteiger partial charge in [0.15, 0.2) is 6.04 Å². The van der Waals surface area contributed by atoms with E-state index in [1.165, 1.54) is 18.2 Å². The van der Waals surface area contributed by atoms with E-state index in [-0.39, 0.29) is 23.7 Å². The molecule has 0 saturated carbocycles. The van der Waals surface area contributed by atoms with Crippen molar-refractivity contribution < 1.29 is 19.6 Å². The van der Waals surface area contributed by atoms with Crippen LogP contribution in [0.15, 0.2) is 42.6 Å². The molecule has 1 aromatic carbocycles. The van der Waals surface area contributed by atoms with Crippen molar-refractivity contribution in [2.45, 2.75) is 19.0 Å². The van der Waals surface area contributed by atoms with Crippen LogP contribution in [0.4, 0.5) is 11.4 Å². The molecule has 1 aliphatic rings. The Hall–Kier alpha value is -3.16. The van der Waals surface area contributed by atoms with Gasteiger partial charge in [-0.1, -0.05) is 6.07 Å². The largest absolute Gasteiger partial charge is 0.506 e. The van der Waals surface area contributed by atoms with E-state index < -0.39 is 23.0 Å². The average molecular weight is 329 g/mol. The number of nitro benzene ring substituents is 1. The van der Waals surface area contributed by atoms with Crippen LogP contribution in [0.25, 0.3) is 0 Å². The normalized spacial score (nSPS) is 19.0. The maximum atomic E-state index is 12.2. The van der Waals surface area contributed by atoms with Gasteiger partial charge in [-0.2, -0.15) is 0 Å². The van der Waals surface area contributed by atoms with Gasteiger partial charge in [0, 0.05) is 18.3 Å². The van der Waals surface area contributed by atoms with E-state index in [1.54, 1.807) is 36.2 Å². The summed E-state index contributed by atoms with van der Waals surface area (Å²) in [6, 6.07) is 7.87. The standard InChI is InChI=1S/C16H15N3O5/c1-2-24-16(21)15-14(11-5-3-4-8-17-11)18(15)12-9-10(19(22)23)6-7-13(12)20/h3-9,14-15,20H,2H2,1H3/t14-,15-,18?/m1/s1. The zero-order valence-electron chi connectivity index (χ0n) is 12.8. The monoisotopic (exact) mass is 329 g/mol. The maximum absolute atomic E-state index is 12.2. The Kier molecular flexibility index (Phi) is 4.03. The van der Waals surface area contributed by atoms with Crippen LogP contribution < -0.4 is 4.90 Å². The van der Waals surface area contributed by atoms with Crippen LogP contribution >= 0.6 is 0 Å². The van der Waals surface area contributed by atoms with Gasteiger partial charge in [-0.15, -0.1) is 0 Å². The summed E-state index contributed by atoms with van der Waals surface area (Å²) in [5.41, 5.74) is 0.663. The highest BCUT2D eigenvalue weighted by molar-refractivity contribution is 5.90. The number of pyridine rings is 1. The summed E-state index contributed by atoms with van der Waals surface area (Å²) in [5, 5.41) is 21.1. The Morgan fingerprint density at radius 1 is 1.42 bits per heavy atom. The molecule has 24 heavy (non-hydrogen) atoms. The number of esters is 1. The molecule has 1 aromatic heterocycles. The van der Waals surface area contributed by atoms with Crippen molar-refractivity contribution in [3.63, 3.8) is 0 Å². The Labute approximate surface area is 137 Å². The second-order valence-electron chi connectivity index (χ2n) is 5.23. The highest BCUT2D eigenvalue weighted by Gasteiger charge is 2.56. The number of aromatic nitrogens is 1. The first-order chi connectivity index (χ1) is 11.5. The molecule has 124 valence electrons. The zero-order chi connectivity index (χ0) is 17.3. The van der Waals surface area contributed by atoms with Gasteiger partial charge in [0.1, 0.15) is 11.8 Å². The van der Waals surface area contributed by atoms with E-state index in [0.29, 0.717) is 5.69 Å². The molecule has 1 N–H and O–H groups in total. The smallest absolute Gasteiger partial charge is 0.331 e. The van der Waals surface area contributed by atoms with Crippen LogP contribution in [0.3, 0.4) is 0 Å². The van der Waals surface area contributed by atoms with E-state index in [2.05, 4.69) is 4.98 Å². The lowest BCUT2D eigenvalue weighted by atomic mass is 10.2. The molecule has 0 bridgehead atoms. The van der Waals surface area contributed by atoms with E-state index in [1.807, 2.05) is 0 Å². The summed E-state index contributed by atoms with van der Waals surface area (Å²) in [6.07, 6.45) is 1.60. The number of anilines is 1. The molecule has 8 heteroatoms. The highest BCUT2D eigenvalue weighted by atomic mass is 16.6. The second-order valence-corrected chi connectivity index (χ2v) is 5.23. The van der Waals surface area contributed by atoms with Gasteiger partial charge < -0.3 is 14.7 Å². The molecule has 2 heterocycles. The predicted octanol–water partition coefficient (Wildman–Crippen LogP) is 2.19. The Morgan fingerprint density at radius 2 is 2.21 bits per heavy atom. The molecule has 2 aromatic rings. The van der Waals surface area contributed by atoms with Gasteiger partial charge in [0.05, 0.1) is 22.9 Å². The Morgan fingerprint density at radius 3 is 2.83 bits per heavy atom. The summed E-state index contributed by atoms with van der Waals surface area (Å²) < 4.78 is 5.06. The lowest BCUT2D eigenvalue weighted by molar-refractivity contribution is -0.384. The summed E-state index contributed by atoms with van der Waals surface area (Å²) in [4.78, 5) is 28.4. The molecule has 1 saturated heterocycles. The number of benzene rings is 1. The number of nitrogens with zero attached hydrogens (tertiary/aromatic N) is 3. The van der Waals surface area contributed by atoms with Crippen molar-refractivity contribution in [3.8, 4) is 5.75 Å². The number of aromatic hydroxyl groups is 1. The van der Waals surface area contributed by atoms with Crippen molar-refractivity contribution in [3.05, 3.63) is 58.4 Å². The van der Waals surface area contributed by atoms with Crippen LogP contribution in [0, 0.1) is 10.1 Å². The Balaban J connectivity index is 2.00. The summed E-state index contributed by atoms with van der Waals surface area (Å²) in [7, 11) is 0. The SMILES string of the molecule is CCOC(=O)[C@H]1[C@@H](c2ccccn2)N1c1cc([N+](=O)[O-])ccc1O. The summed E-state index contributed by atoms with van der Waals surface area (Å²) >= 11 is 0. The Bertz CT molecular complexity index is 781. The number of carbonyl (C=O) groups excluding carboxylic acids is 1. The van der Waals surface area contributed by atoms with Crippen molar-refractivity contribution >= 4 is 17.3 Å². The lowest BCUT2D eigenvalue weighted by Crippen LogP contribution is -2.16. The molecular formula is C16H15N3O5. The van der Waals surface area contributed by atoms with Crippen LogP contribution in [0.2, 0.25) is 0 Å². The maximum Gasteiger partial charge on any atom is 0.331 e. The fourth-order valence-electron chi connectivity index (χ4n) is 2.69. The van der Waals surface area contributed by atoms with Gasteiger partial charge in [0.2, 0.25) is 0 Å². The van der Waals surface area contributed by atoms with Gasteiger partial charge >= 0.3 is 5.97 Å². The number of carbonyl (C=O) groups is 1. The molecule has 8 nitrogen and oxygen atoms in total. The number of ether oxygens (including phenoxy) is 1. The predicted molar refractivity (Wildman–Crippen MR) is 84.6 cm³/mol. The fraction of sp³-hybridized carbons (Fsp3) is 0.250. The number of phenolic OH excluding ortho intramolecular Hbond substituents is 1. The number of nitro groups is 1. The number of hydrogen-bond acceptors (Lipinski definition) is 7. The van der Waals surface area contributed by atoms with E-state index in [9.17, 15) is 20.0 Å². The van der Waals surface area contributed by atoms with Gasteiger partial charge in [0.25, 0.3) is 5.69 Å². The summed E-state index contributed by atoms with van der Waals surface area (Å²) in [6.45, 7) is 1.92. The molecule has 2 atom stereocenters. The van der Waals surface area contributed by atoms with Crippen LogP contribution in [0.1, 0.15) is 18.7 Å². The third-order valence-electron chi connectivity index (χ3n) is 3.78. The van der Waals surface area contributed by atoms with Crippen molar-refractivity contribution in [2.24, 2.45) is 0 Å². The molecule has 0 radical (unpaired) electrons. The van der Waals surface area contributed by atoms with Crippen LogP contribution in [-0.4, -0.2) is 33.6 Å². The minimum atomic E-state index is -0.673. The highest BCUT2D eigenvalue weighted by Crippen LogP contribution is 2.50. The lowest BCUT2D eigenvalue weighted by Gasteiger charge is -2.08. The van der Waals surface area contributed by atoms with Gasteiger partial charge in [-0.3, -0.25) is 15.1 Å². The number of rotatable bonds is 5. The molecule has 0 spiro atoms. The van der Waals surface area contributed by atoms with Crippen LogP contribution in [0.5, 0.6) is 5.75 Å². The van der Waals surface area contributed by atoms with Gasteiger partial charge in [-0.05, 0) is 25.1 Å². The van der Waals surface area contributed by atoms with Crippen molar-refractivity contribution in [1.82, 2.24) is 4.98 Å². The molecular weight excluding hydrogens is 314 g/mol. The molecule has 0 unspecified atom stereocenters. The molecule has 3 rings (SSSR count). The van der Waals surface area contributed by atoms with Crippen molar-refractivity contribution in [1.29, 1.82) is 0 Å². The quantitative estimate of drug-likeness (QED) is 0.388. The topological polar surface area (TPSA) is 106 Å². The number of phenols is 1. The van der Waals surface area contributed by atoms with E-state index in [4.69, 9.17) is 4.74 Å². The third kappa shape index (κ3) is 2.73. The minimum absolute atomic E-state index is 0.145. The molecule has 0 amide bonds. The third-order valence-corrected chi connectivity index (χ3v) is 3.78. The average Bonchev–Trinajstić information content (AvgIpc) is 3.31. The molecule has 1 fully saturated rings. The fourth-order valence-corrected chi connectivity index (χ4v) is 2.69. The van der Waals surface area contributed by atoms with Crippen molar-refractivity contribution in [2.75, 3.05) is 11.5 Å². The molecule has 0 aliphatic carbocycles. The second kappa shape index (κ2) is 6.15. The van der Waals surface area contributed by atoms with E-state index >= 15 is 0 Å². The number of hydrogen-bond donors (Lipinski definition) is 1. The summed E-state index contributed by atoms with van der Waals surface area (Å²) in [5.74, 6) is -0.604. The van der Waals surface area contributed by atoms with Gasteiger partial charge in [-0.25, -0.2) is 4.79 Å². The first-order valence-electron chi connectivity index (χ1n) is 7.38. The zero-order valence-corrected chi connectivity index (χ0v) is 12.8. The first-order valence-corrected chi connectivity index (χ1v) is 7.38. The minimum Gasteiger partial charge on any atom is -0.506 e. The van der Waals surface area contributed by atoms with Crippen LogP contribution in [-0.2, 0) is 9.53 Å². The first kappa shape index (κ1) is 15.7.